The maximum Gasteiger partial charge on any atom is 0.153 e. The zero-order valence-corrected chi connectivity index (χ0v) is 10.7. The molecule has 2 nitrogen and oxygen atoms in total. The number of hydrogen-bond donors (Lipinski definition) is 1. The minimum absolute atomic E-state index is 0.345. The van der Waals surface area contributed by atoms with E-state index in [9.17, 15) is 4.39 Å². The molecule has 0 fully saturated rings. The van der Waals surface area contributed by atoms with Crippen LogP contribution in [-0.4, -0.2) is 0 Å². The number of aryl methyl sites for hydroxylation is 2. The third-order valence-corrected chi connectivity index (χ3v) is 3.52. The molecule has 0 radical (unpaired) electrons. The van der Waals surface area contributed by atoms with Gasteiger partial charge in [0.05, 0.1) is 5.69 Å². The highest BCUT2D eigenvalue weighted by Gasteiger charge is 2.11. The van der Waals surface area contributed by atoms with Crippen LogP contribution in [0.1, 0.15) is 24.0 Å². The van der Waals surface area contributed by atoms with Gasteiger partial charge in [-0.1, -0.05) is 6.07 Å². The maximum absolute atomic E-state index is 13.2. The number of hydrogen-bond acceptors (Lipinski definition) is 2. The van der Waals surface area contributed by atoms with Crippen LogP contribution in [0.4, 0.5) is 10.1 Å². The van der Waals surface area contributed by atoms with E-state index in [1.165, 1.54) is 42.2 Å². The topological polar surface area (TPSA) is 35.2 Å². The first-order valence-electron chi connectivity index (χ1n) is 6.57. The van der Waals surface area contributed by atoms with Crippen LogP contribution in [0.3, 0.4) is 0 Å². The number of nitrogen functional groups attached to an aromatic ring is 1. The largest absolute Gasteiger partial charge is 0.455 e. The molecule has 0 heterocycles. The third kappa shape index (κ3) is 2.55. The zero-order valence-electron chi connectivity index (χ0n) is 10.7. The van der Waals surface area contributed by atoms with Gasteiger partial charge in [0.25, 0.3) is 0 Å². The van der Waals surface area contributed by atoms with E-state index in [1.54, 1.807) is 0 Å². The summed E-state index contributed by atoms with van der Waals surface area (Å²) in [4.78, 5) is 0. The van der Waals surface area contributed by atoms with Crippen molar-refractivity contribution in [1.29, 1.82) is 0 Å². The average Bonchev–Trinajstić information content (AvgIpc) is 2.43. The second-order valence-corrected chi connectivity index (χ2v) is 4.92. The van der Waals surface area contributed by atoms with Gasteiger partial charge in [-0.05, 0) is 61.1 Å². The van der Waals surface area contributed by atoms with Gasteiger partial charge in [-0.2, -0.15) is 0 Å². The number of nitrogens with two attached hydrogens (primary N) is 1. The molecule has 0 saturated carbocycles. The van der Waals surface area contributed by atoms with Crippen LogP contribution >= 0.6 is 0 Å². The fourth-order valence-electron chi connectivity index (χ4n) is 2.50. The van der Waals surface area contributed by atoms with Gasteiger partial charge < -0.3 is 10.5 Å². The molecule has 1 aliphatic rings. The molecule has 0 aliphatic heterocycles. The van der Waals surface area contributed by atoms with Crippen LogP contribution in [0.15, 0.2) is 36.4 Å². The van der Waals surface area contributed by atoms with Crippen molar-refractivity contribution < 1.29 is 9.13 Å². The van der Waals surface area contributed by atoms with Crippen LogP contribution in [0.5, 0.6) is 11.5 Å². The van der Waals surface area contributed by atoms with Crippen molar-refractivity contribution in [2.45, 2.75) is 25.7 Å². The number of halogens is 1. The molecular weight excluding hydrogens is 241 g/mol. The van der Waals surface area contributed by atoms with Gasteiger partial charge >= 0.3 is 0 Å². The number of fused-ring (bicyclic) bond motifs is 1. The van der Waals surface area contributed by atoms with E-state index in [0.717, 1.165) is 18.6 Å². The summed E-state index contributed by atoms with van der Waals surface area (Å²) in [7, 11) is 0. The normalized spacial score (nSPS) is 13.9. The Morgan fingerprint density at radius 1 is 0.947 bits per heavy atom. The van der Waals surface area contributed by atoms with Gasteiger partial charge in [0.1, 0.15) is 11.6 Å². The molecule has 3 heteroatoms. The third-order valence-electron chi connectivity index (χ3n) is 3.52. The monoisotopic (exact) mass is 257 g/mol. The van der Waals surface area contributed by atoms with Gasteiger partial charge in [0.2, 0.25) is 0 Å². The minimum Gasteiger partial charge on any atom is -0.455 e. The van der Waals surface area contributed by atoms with E-state index in [0.29, 0.717) is 11.4 Å². The predicted molar refractivity (Wildman–Crippen MR) is 74.0 cm³/mol. The van der Waals surface area contributed by atoms with Crippen molar-refractivity contribution >= 4 is 5.69 Å². The summed E-state index contributed by atoms with van der Waals surface area (Å²) in [5.74, 6) is 0.746. The van der Waals surface area contributed by atoms with E-state index in [2.05, 4.69) is 6.07 Å². The maximum atomic E-state index is 13.2. The van der Waals surface area contributed by atoms with E-state index in [1.807, 2.05) is 12.1 Å². The van der Waals surface area contributed by atoms with Gasteiger partial charge in [0, 0.05) is 6.07 Å². The fraction of sp³-hybridized carbons (Fsp3) is 0.250. The Bertz CT molecular complexity index is 610. The highest BCUT2D eigenvalue weighted by atomic mass is 19.1. The lowest BCUT2D eigenvalue weighted by Crippen LogP contribution is -2.02. The summed E-state index contributed by atoms with van der Waals surface area (Å²) in [6.45, 7) is 0. The lowest BCUT2D eigenvalue weighted by Gasteiger charge is -2.17. The Hall–Kier alpha value is -2.03. The predicted octanol–water partition coefficient (Wildman–Crippen LogP) is 4.08. The molecule has 3 rings (SSSR count). The second-order valence-electron chi connectivity index (χ2n) is 4.92. The molecule has 0 spiro atoms. The first-order chi connectivity index (χ1) is 9.22. The summed E-state index contributed by atoms with van der Waals surface area (Å²) >= 11 is 0. The summed E-state index contributed by atoms with van der Waals surface area (Å²) in [6.07, 6.45) is 4.70. The van der Waals surface area contributed by atoms with Crippen LogP contribution in [0.2, 0.25) is 0 Å². The van der Waals surface area contributed by atoms with Gasteiger partial charge in [-0.25, -0.2) is 4.39 Å². The van der Waals surface area contributed by atoms with Crippen molar-refractivity contribution in [2.75, 3.05) is 5.73 Å². The molecule has 0 saturated heterocycles. The fourth-order valence-corrected chi connectivity index (χ4v) is 2.50. The Morgan fingerprint density at radius 3 is 2.58 bits per heavy atom. The molecule has 2 N–H and O–H groups in total. The highest BCUT2D eigenvalue weighted by molar-refractivity contribution is 5.54. The molecular formula is C16H16FNO. The Labute approximate surface area is 112 Å². The van der Waals surface area contributed by atoms with E-state index in [-0.39, 0.29) is 5.82 Å². The Morgan fingerprint density at radius 2 is 1.74 bits per heavy atom. The summed E-state index contributed by atoms with van der Waals surface area (Å²) in [5, 5.41) is 0. The Balaban J connectivity index is 1.89. The SMILES string of the molecule is Nc1ccc(F)cc1Oc1ccc2c(c1)CCCC2. The van der Waals surface area contributed by atoms with Gasteiger partial charge in [0.15, 0.2) is 5.75 Å². The molecule has 0 aromatic heterocycles. The lowest BCUT2D eigenvalue weighted by molar-refractivity contribution is 0.477. The quantitative estimate of drug-likeness (QED) is 0.823. The molecule has 2 aromatic rings. The van der Waals surface area contributed by atoms with Crippen molar-refractivity contribution in [1.82, 2.24) is 0 Å². The number of benzene rings is 2. The molecule has 0 bridgehead atoms. The molecule has 19 heavy (non-hydrogen) atoms. The smallest absolute Gasteiger partial charge is 0.153 e. The summed E-state index contributed by atoms with van der Waals surface area (Å²) in [5.41, 5.74) is 8.95. The van der Waals surface area contributed by atoms with Crippen molar-refractivity contribution in [3.8, 4) is 11.5 Å². The zero-order chi connectivity index (χ0) is 13.2. The highest BCUT2D eigenvalue weighted by Crippen LogP contribution is 2.31. The minimum atomic E-state index is -0.345. The van der Waals surface area contributed by atoms with Crippen LogP contribution in [0, 0.1) is 5.82 Å². The van der Waals surface area contributed by atoms with Crippen LogP contribution in [-0.2, 0) is 12.8 Å². The standard InChI is InChI=1S/C16H16FNO/c17-13-6-8-15(18)16(10-13)19-14-7-5-11-3-1-2-4-12(11)9-14/h5-10H,1-4,18H2. The lowest BCUT2D eigenvalue weighted by atomic mass is 9.92. The van der Waals surface area contributed by atoms with Crippen molar-refractivity contribution in [2.24, 2.45) is 0 Å². The van der Waals surface area contributed by atoms with Crippen molar-refractivity contribution in [3.05, 3.63) is 53.3 Å². The molecule has 2 aromatic carbocycles. The number of anilines is 1. The van der Waals surface area contributed by atoms with Gasteiger partial charge in [-0.15, -0.1) is 0 Å². The van der Waals surface area contributed by atoms with Crippen LogP contribution in [0.25, 0.3) is 0 Å². The summed E-state index contributed by atoms with van der Waals surface area (Å²) in [6, 6.07) is 10.2. The molecule has 1 aliphatic carbocycles. The summed E-state index contributed by atoms with van der Waals surface area (Å²) < 4.78 is 18.9. The Kier molecular flexibility index (Phi) is 3.11. The number of ether oxygens (including phenoxy) is 1. The first kappa shape index (κ1) is 12.0. The first-order valence-corrected chi connectivity index (χ1v) is 6.57. The second kappa shape index (κ2) is 4.92. The van der Waals surface area contributed by atoms with Gasteiger partial charge in [-0.3, -0.25) is 0 Å². The van der Waals surface area contributed by atoms with E-state index in [4.69, 9.17) is 10.5 Å². The van der Waals surface area contributed by atoms with E-state index >= 15 is 0 Å². The van der Waals surface area contributed by atoms with E-state index < -0.39 is 0 Å². The number of rotatable bonds is 2. The molecule has 0 atom stereocenters. The average molecular weight is 257 g/mol. The molecule has 0 unspecified atom stereocenters. The molecule has 0 amide bonds. The molecule has 98 valence electrons. The van der Waals surface area contributed by atoms with Crippen LogP contribution < -0.4 is 10.5 Å². The van der Waals surface area contributed by atoms with Crippen molar-refractivity contribution in [3.63, 3.8) is 0 Å².